The fourth-order valence-corrected chi connectivity index (χ4v) is 1.76. The van der Waals surface area contributed by atoms with Crippen LogP contribution >= 0.6 is 0 Å². The normalized spacial score (nSPS) is 10.7. The van der Waals surface area contributed by atoms with E-state index >= 15 is 0 Å². The van der Waals surface area contributed by atoms with Crippen LogP contribution in [0.15, 0.2) is 24.3 Å². The third-order valence-electron chi connectivity index (χ3n) is 2.75. The molecule has 0 amide bonds. The SMILES string of the molecule is CC(C)CCCOC(=O)c1cccc(CCN)c1. The van der Waals surface area contributed by atoms with Crippen LogP contribution in [-0.4, -0.2) is 19.1 Å². The molecule has 0 atom stereocenters. The molecule has 1 aromatic carbocycles. The highest BCUT2D eigenvalue weighted by Gasteiger charge is 2.07. The summed E-state index contributed by atoms with van der Waals surface area (Å²) in [5, 5.41) is 0. The van der Waals surface area contributed by atoms with Crippen molar-refractivity contribution < 1.29 is 9.53 Å². The second kappa shape index (κ2) is 7.88. The maximum atomic E-state index is 11.8. The maximum Gasteiger partial charge on any atom is 0.338 e. The van der Waals surface area contributed by atoms with Crippen molar-refractivity contribution in [1.82, 2.24) is 0 Å². The minimum atomic E-state index is -0.238. The monoisotopic (exact) mass is 249 g/mol. The molecule has 3 nitrogen and oxygen atoms in total. The van der Waals surface area contributed by atoms with Gasteiger partial charge in [0.25, 0.3) is 0 Å². The zero-order valence-corrected chi connectivity index (χ0v) is 11.3. The van der Waals surface area contributed by atoms with Gasteiger partial charge in [-0.1, -0.05) is 26.0 Å². The average molecular weight is 249 g/mol. The van der Waals surface area contributed by atoms with E-state index in [1.54, 1.807) is 6.07 Å². The number of carbonyl (C=O) groups excluding carboxylic acids is 1. The molecule has 0 aliphatic rings. The van der Waals surface area contributed by atoms with E-state index in [0.717, 1.165) is 24.8 Å². The summed E-state index contributed by atoms with van der Waals surface area (Å²) >= 11 is 0. The van der Waals surface area contributed by atoms with Crippen LogP contribution in [0.1, 0.15) is 42.6 Å². The molecule has 0 radical (unpaired) electrons. The van der Waals surface area contributed by atoms with Crippen molar-refractivity contribution in [2.75, 3.05) is 13.2 Å². The zero-order valence-electron chi connectivity index (χ0n) is 11.3. The molecule has 0 spiro atoms. The number of benzene rings is 1. The highest BCUT2D eigenvalue weighted by Crippen LogP contribution is 2.09. The van der Waals surface area contributed by atoms with Gasteiger partial charge < -0.3 is 10.5 Å². The summed E-state index contributed by atoms with van der Waals surface area (Å²) in [6.45, 7) is 5.42. The third kappa shape index (κ3) is 5.32. The minimum absolute atomic E-state index is 0.238. The van der Waals surface area contributed by atoms with E-state index < -0.39 is 0 Å². The quantitative estimate of drug-likeness (QED) is 0.597. The second-order valence-electron chi connectivity index (χ2n) is 4.91. The van der Waals surface area contributed by atoms with Crippen LogP contribution in [0.4, 0.5) is 0 Å². The maximum absolute atomic E-state index is 11.8. The Morgan fingerprint density at radius 1 is 1.39 bits per heavy atom. The lowest BCUT2D eigenvalue weighted by molar-refractivity contribution is 0.0494. The number of ether oxygens (including phenoxy) is 1. The van der Waals surface area contributed by atoms with Crippen molar-refractivity contribution in [2.24, 2.45) is 11.7 Å². The Morgan fingerprint density at radius 3 is 2.83 bits per heavy atom. The van der Waals surface area contributed by atoms with E-state index in [0.29, 0.717) is 24.6 Å². The van der Waals surface area contributed by atoms with Crippen molar-refractivity contribution in [3.05, 3.63) is 35.4 Å². The molecule has 0 bridgehead atoms. The highest BCUT2D eigenvalue weighted by atomic mass is 16.5. The first-order chi connectivity index (χ1) is 8.63. The predicted octanol–water partition coefficient (Wildman–Crippen LogP) is 2.78. The first-order valence-corrected chi connectivity index (χ1v) is 6.59. The highest BCUT2D eigenvalue weighted by molar-refractivity contribution is 5.89. The standard InChI is InChI=1S/C15H23NO2/c1-12(2)5-4-10-18-15(17)14-7-3-6-13(11-14)8-9-16/h3,6-7,11-12H,4-5,8-10,16H2,1-2H3. The van der Waals surface area contributed by atoms with Gasteiger partial charge in [0, 0.05) is 0 Å². The average Bonchev–Trinajstić information content (AvgIpc) is 2.35. The van der Waals surface area contributed by atoms with Gasteiger partial charge in [-0.05, 0) is 49.4 Å². The molecule has 3 heteroatoms. The van der Waals surface area contributed by atoms with Crippen LogP contribution in [0.3, 0.4) is 0 Å². The van der Waals surface area contributed by atoms with Crippen LogP contribution in [-0.2, 0) is 11.2 Å². The van der Waals surface area contributed by atoms with Gasteiger partial charge in [0.05, 0.1) is 12.2 Å². The lowest BCUT2D eigenvalue weighted by Crippen LogP contribution is -2.08. The van der Waals surface area contributed by atoms with Crippen LogP contribution in [0, 0.1) is 5.92 Å². The zero-order chi connectivity index (χ0) is 13.4. The molecule has 0 aromatic heterocycles. The van der Waals surface area contributed by atoms with Gasteiger partial charge in [-0.2, -0.15) is 0 Å². The Kier molecular flexibility index (Phi) is 6.44. The smallest absolute Gasteiger partial charge is 0.338 e. The summed E-state index contributed by atoms with van der Waals surface area (Å²) in [4.78, 5) is 11.8. The molecule has 0 saturated heterocycles. The predicted molar refractivity (Wildman–Crippen MR) is 73.6 cm³/mol. The number of esters is 1. The van der Waals surface area contributed by atoms with Gasteiger partial charge in [0.1, 0.15) is 0 Å². The van der Waals surface area contributed by atoms with Crippen molar-refractivity contribution in [3.63, 3.8) is 0 Å². The molecule has 0 heterocycles. The molecular weight excluding hydrogens is 226 g/mol. The number of rotatable bonds is 7. The Labute approximate surface area is 109 Å². The molecule has 0 fully saturated rings. The molecule has 100 valence electrons. The van der Waals surface area contributed by atoms with E-state index in [4.69, 9.17) is 10.5 Å². The fraction of sp³-hybridized carbons (Fsp3) is 0.533. The van der Waals surface area contributed by atoms with Crippen molar-refractivity contribution in [2.45, 2.75) is 33.1 Å². The van der Waals surface area contributed by atoms with Gasteiger partial charge in [-0.25, -0.2) is 4.79 Å². The van der Waals surface area contributed by atoms with E-state index in [1.165, 1.54) is 0 Å². The topological polar surface area (TPSA) is 52.3 Å². The molecule has 0 unspecified atom stereocenters. The Balaban J connectivity index is 2.43. The van der Waals surface area contributed by atoms with E-state index in [2.05, 4.69) is 13.8 Å². The van der Waals surface area contributed by atoms with Crippen LogP contribution in [0.25, 0.3) is 0 Å². The molecule has 2 N–H and O–H groups in total. The molecule has 0 saturated carbocycles. The van der Waals surface area contributed by atoms with Crippen LogP contribution in [0.2, 0.25) is 0 Å². The third-order valence-corrected chi connectivity index (χ3v) is 2.75. The number of hydrogen-bond donors (Lipinski definition) is 1. The summed E-state index contributed by atoms with van der Waals surface area (Å²) in [6, 6.07) is 7.49. The van der Waals surface area contributed by atoms with Gasteiger partial charge in [-0.3, -0.25) is 0 Å². The summed E-state index contributed by atoms with van der Waals surface area (Å²) in [5.74, 6) is 0.411. The lowest BCUT2D eigenvalue weighted by Gasteiger charge is -2.07. The summed E-state index contributed by atoms with van der Waals surface area (Å²) < 4.78 is 5.24. The van der Waals surface area contributed by atoms with E-state index in [-0.39, 0.29) is 5.97 Å². The molecular formula is C15H23NO2. The summed E-state index contributed by atoms with van der Waals surface area (Å²) in [6.07, 6.45) is 2.79. The van der Waals surface area contributed by atoms with Crippen molar-refractivity contribution in [1.29, 1.82) is 0 Å². The number of nitrogens with two attached hydrogens (primary N) is 1. The Bertz CT molecular complexity index is 375. The number of hydrogen-bond acceptors (Lipinski definition) is 3. The lowest BCUT2D eigenvalue weighted by atomic mass is 10.1. The van der Waals surface area contributed by atoms with Gasteiger partial charge in [0.2, 0.25) is 0 Å². The first-order valence-electron chi connectivity index (χ1n) is 6.59. The Hall–Kier alpha value is -1.35. The van der Waals surface area contributed by atoms with Gasteiger partial charge in [-0.15, -0.1) is 0 Å². The molecule has 1 rings (SSSR count). The molecule has 1 aromatic rings. The molecule has 18 heavy (non-hydrogen) atoms. The van der Waals surface area contributed by atoms with Gasteiger partial charge in [0.15, 0.2) is 0 Å². The summed E-state index contributed by atoms with van der Waals surface area (Å²) in [7, 11) is 0. The van der Waals surface area contributed by atoms with Gasteiger partial charge >= 0.3 is 5.97 Å². The molecule has 0 aliphatic heterocycles. The molecule has 0 aliphatic carbocycles. The van der Waals surface area contributed by atoms with Crippen molar-refractivity contribution >= 4 is 5.97 Å². The Morgan fingerprint density at radius 2 is 2.17 bits per heavy atom. The largest absolute Gasteiger partial charge is 0.462 e. The number of carbonyl (C=O) groups is 1. The minimum Gasteiger partial charge on any atom is -0.462 e. The van der Waals surface area contributed by atoms with E-state index in [9.17, 15) is 4.79 Å². The van der Waals surface area contributed by atoms with Crippen LogP contribution < -0.4 is 5.73 Å². The summed E-state index contributed by atoms with van der Waals surface area (Å²) in [5.41, 5.74) is 7.19. The van der Waals surface area contributed by atoms with Crippen molar-refractivity contribution in [3.8, 4) is 0 Å². The fourth-order valence-electron chi connectivity index (χ4n) is 1.76. The first kappa shape index (κ1) is 14.7. The van der Waals surface area contributed by atoms with E-state index in [1.807, 2.05) is 18.2 Å². The second-order valence-corrected chi connectivity index (χ2v) is 4.91. The van der Waals surface area contributed by atoms with Crippen LogP contribution in [0.5, 0.6) is 0 Å².